The van der Waals surface area contributed by atoms with E-state index in [0.29, 0.717) is 48.6 Å². The first-order valence-corrected chi connectivity index (χ1v) is 15.2. The molecule has 244 valence electrons. The van der Waals surface area contributed by atoms with Crippen molar-refractivity contribution >= 4 is 23.8 Å². The standard InChI is InChI=1S/C18H27NO4.C16H23NO4/c1-6-8-19(5)17(20)15-9-14(12-23-13(3)4)10-16(11-15)18(21)22-7-2;1-5-6-17(4)15(18)13-7-12(10-21-11(2)3)8-14(9-13)16(19)20/h9-11,13H,6-8,12H2,1-5H3;7-9,11H,5-6,10H2,1-4H3,(H,19,20). The number of carboxylic acids is 1. The van der Waals surface area contributed by atoms with Crippen molar-refractivity contribution in [3.8, 4) is 0 Å². The summed E-state index contributed by atoms with van der Waals surface area (Å²) in [5.41, 5.74) is 2.83. The number of nitrogens with zero attached hydrogens (tertiary/aromatic N) is 2. The van der Waals surface area contributed by atoms with Crippen LogP contribution in [0.2, 0.25) is 0 Å². The summed E-state index contributed by atoms with van der Waals surface area (Å²) in [6, 6.07) is 9.74. The van der Waals surface area contributed by atoms with Crippen molar-refractivity contribution in [1.82, 2.24) is 9.80 Å². The number of aromatic carboxylic acids is 1. The second kappa shape index (κ2) is 19.5. The van der Waals surface area contributed by atoms with Gasteiger partial charge >= 0.3 is 11.9 Å². The molecule has 0 unspecified atom stereocenters. The van der Waals surface area contributed by atoms with Crippen LogP contribution in [0.5, 0.6) is 0 Å². The van der Waals surface area contributed by atoms with Gasteiger partial charge < -0.3 is 29.1 Å². The summed E-state index contributed by atoms with van der Waals surface area (Å²) in [5, 5.41) is 9.17. The van der Waals surface area contributed by atoms with Gasteiger partial charge in [-0.15, -0.1) is 0 Å². The molecule has 1 N–H and O–H groups in total. The summed E-state index contributed by atoms with van der Waals surface area (Å²) in [4.78, 5) is 51.2. The maximum atomic E-state index is 12.5. The molecular formula is C34H50N2O8. The van der Waals surface area contributed by atoms with E-state index in [2.05, 4.69) is 0 Å². The molecule has 2 aromatic carbocycles. The number of esters is 1. The lowest BCUT2D eigenvalue weighted by atomic mass is 10.0. The second-order valence-corrected chi connectivity index (χ2v) is 11.0. The largest absolute Gasteiger partial charge is 0.478 e. The van der Waals surface area contributed by atoms with E-state index in [1.807, 2.05) is 41.5 Å². The molecule has 0 spiro atoms. The van der Waals surface area contributed by atoms with Crippen LogP contribution in [0.4, 0.5) is 0 Å². The summed E-state index contributed by atoms with van der Waals surface area (Å²) in [6.45, 7) is 15.7. The number of carbonyl (C=O) groups is 4. The summed E-state index contributed by atoms with van der Waals surface area (Å²) < 4.78 is 16.1. The molecule has 0 radical (unpaired) electrons. The van der Waals surface area contributed by atoms with E-state index in [-0.39, 0.29) is 36.2 Å². The van der Waals surface area contributed by atoms with Crippen LogP contribution in [0, 0.1) is 0 Å². The van der Waals surface area contributed by atoms with Crippen molar-refractivity contribution in [3.63, 3.8) is 0 Å². The first kappa shape index (κ1) is 38.3. The van der Waals surface area contributed by atoms with Crippen LogP contribution in [0.25, 0.3) is 0 Å². The van der Waals surface area contributed by atoms with Gasteiger partial charge in [0, 0.05) is 38.3 Å². The van der Waals surface area contributed by atoms with Gasteiger partial charge in [0.25, 0.3) is 11.8 Å². The highest BCUT2D eigenvalue weighted by Gasteiger charge is 2.17. The van der Waals surface area contributed by atoms with Crippen LogP contribution >= 0.6 is 0 Å². The number of ether oxygens (including phenoxy) is 3. The van der Waals surface area contributed by atoms with Crippen LogP contribution in [0.15, 0.2) is 36.4 Å². The minimum atomic E-state index is -1.05. The maximum absolute atomic E-state index is 12.5. The SMILES string of the molecule is CCCN(C)C(=O)c1cc(COC(C)C)cc(C(=O)O)c1.CCCN(C)C(=O)c1cc(COC(C)C)cc(C(=O)OCC)c1. The second-order valence-electron chi connectivity index (χ2n) is 11.0. The van der Waals surface area contributed by atoms with Gasteiger partial charge in [-0.3, -0.25) is 9.59 Å². The van der Waals surface area contributed by atoms with Crippen LogP contribution < -0.4 is 0 Å². The Morgan fingerprint density at radius 3 is 1.41 bits per heavy atom. The summed E-state index contributed by atoms with van der Waals surface area (Å²) in [5.74, 6) is -1.76. The van der Waals surface area contributed by atoms with Gasteiger partial charge in [0.05, 0.1) is 43.2 Å². The molecule has 0 atom stereocenters. The smallest absolute Gasteiger partial charge is 0.338 e. The number of carbonyl (C=O) groups excluding carboxylic acids is 3. The lowest BCUT2D eigenvalue weighted by molar-refractivity contribution is 0.0523. The fraction of sp³-hybridized carbons (Fsp3) is 0.529. The van der Waals surface area contributed by atoms with Crippen LogP contribution in [0.3, 0.4) is 0 Å². The van der Waals surface area contributed by atoms with Crippen molar-refractivity contribution in [3.05, 3.63) is 69.8 Å². The van der Waals surface area contributed by atoms with E-state index in [1.54, 1.807) is 61.2 Å². The van der Waals surface area contributed by atoms with E-state index in [0.717, 1.165) is 18.4 Å². The lowest BCUT2D eigenvalue weighted by Crippen LogP contribution is -2.27. The number of amides is 2. The van der Waals surface area contributed by atoms with Crippen molar-refractivity contribution in [2.75, 3.05) is 33.8 Å². The van der Waals surface area contributed by atoms with Gasteiger partial charge in [-0.05, 0) is 95.0 Å². The molecule has 0 bridgehead atoms. The van der Waals surface area contributed by atoms with Crippen molar-refractivity contribution in [1.29, 1.82) is 0 Å². The number of benzene rings is 2. The highest BCUT2D eigenvalue weighted by atomic mass is 16.5. The van der Waals surface area contributed by atoms with E-state index < -0.39 is 11.9 Å². The fourth-order valence-corrected chi connectivity index (χ4v) is 4.09. The monoisotopic (exact) mass is 614 g/mol. The minimum Gasteiger partial charge on any atom is -0.478 e. The Labute approximate surface area is 262 Å². The first-order valence-electron chi connectivity index (χ1n) is 15.2. The van der Waals surface area contributed by atoms with Gasteiger partial charge in [0.15, 0.2) is 0 Å². The van der Waals surface area contributed by atoms with Gasteiger partial charge in [-0.2, -0.15) is 0 Å². The van der Waals surface area contributed by atoms with Crippen molar-refractivity contribution in [2.24, 2.45) is 0 Å². The summed E-state index contributed by atoms with van der Waals surface area (Å²) in [6.07, 6.45) is 1.84. The zero-order valence-electron chi connectivity index (χ0n) is 27.8. The van der Waals surface area contributed by atoms with E-state index in [9.17, 15) is 19.2 Å². The number of hydrogen-bond donors (Lipinski definition) is 1. The molecule has 2 rings (SSSR count). The molecule has 10 heteroatoms. The predicted octanol–water partition coefficient (Wildman–Crippen LogP) is 6.06. The molecule has 10 nitrogen and oxygen atoms in total. The zero-order chi connectivity index (χ0) is 33.4. The molecule has 0 aliphatic rings. The molecule has 2 aromatic rings. The van der Waals surface area contributed by atoms with Gasteiger partial charge in [-0.25, -0.2) is 9.59 Å². The third-order valence-corrected chi connectivity index (χ3v) is 6.22. The first-order chi connectivity index (χ1) is 20.7. The topological polar surface area (TPSA) is 123 Å². The van der Waals surface area contributed by atoms with Crippen LogP contribution in [-0.2, 0) is 27.4 Å². The average molecular weight is 615 g/mol. The van der Waals surface area contributed by atoms with Crippen LogP contribution in [-0.4, -0.2) is 84.7 Å². The van der Waals surface area contributed by atoms with E-state index >= 15 is 0 Å². The lowest BCUT2D eigenvalue weighted by Gasteiger charge is -2.17. The Morgan fingerprint density at radius 1 is 0.659 bits per heavy atom. The molecular weight excluding hydrogens is 564 g/mol. The molecule has 44 heavy (non-hydrogen) atoms. The van der Waals surface area contributed by atoms with E-state index in [4.69, 9.17) is 19.3 Å². The Morgan fingerprint density at radius 2 is 1.05 bits per heavy atom. The molecule has 0 fully saturated rings. The van der Waals surface area contributed by atoms with E-state index in [1.165, 1.54) is 6.07 Å². The molecule has 2 amide bonds. The average Bonchev–Trinajstić information content (AvgIpc) is 2.98. The third kappa shape index (κ3) is 13.3. The molecule has 0 aliphatic carbocycles. The zero-order valence-corrected chi connectivity index (χ0v) is 27.8. The minimum absolute atomic E-state index is 0.0420. The molecule has 0 aromatic heterocycles. The Hall–Kier alpha value is -3.76. The predicted molar refractivity (Wildman–Crippen MR) is 170 cm³/mol. The molecule has 0 heterocycles. The maximum Gasteiger partial charge on any atom is 0.338 e. The normalized spacial score (nSPS) is 10.7. The molecule has 0 aliphatic heterocycles. The molecule has 0 saturated carbocycles. The van der Waals surface area contributed by atoms with Gasteiger partial charge in [0.1, 0.15) is 0 Å². The number of rotatable bonds is 15. The van der Waals surface area contributed by atoms with Crippen molar-refractivity contribution in [2.45, 2.75) is 86.7 Å². The number of hydrogen-bond acceptors (Lipinski definition) is 7. The number of carboxylic acid groups (broad SMARTS) is 1. The summed E-state index contributed by atoms with van der Waals surface area (Å²) in [7, 11) is 3.47. The Bertz CT molecular complexity index is 1240. The molecule has 0 saturated heterocycles. The summed E-state index contributed by atoms with van der Waals surface area (Å²) >= 11 is 0. The van der Waals surface area contributed by atoms with Crippen molar-refractivity contribution < 1.29 is 38.5 Å². The fourth-order valence-electron chi connectivity index (χ4n) is 4.09. The quantitative estimate of drug-likeness (QED) is 0.240. The highest BCUT2D eigenvalue weighted by Crippen LogP contribution is 2.17. The van der Waals surface area contributed by atoms with Gasteiger partial charge in [0.2, 0.25) is 0 Å². The van der Waals surface area contributed by atoms with Crippen LogP contribution in [0.1, 0.15) is 114 Å². The highest BCUT2D eigenvalue weighted by molar-refractivity contribution is 5.98. The third-order valence-electron chi connectivity index (χ3n) is 6.22. The van der Waals surface area contributed by atoms with Gasteiger partial charge in [-0.1, -0.05) is 13.8 Å². The Balaban J connectivity index is 0.000000442. The Kier molecular flexibility index (Phi) is 17.0.